The molecule has 4 bridgehead atoms. The summed E-state index contributed by atoms with van der Waals surface area (Å²) in [6.07, 6.45) is 4.23. The number of alkyl halides is 3. The third-order valence-corrected chi connectivity index (χ3v) is 8.64. The van der Waals surface area contributed by atoms with Gasteiger partial charge in [-0.1, -0.05) is 0 Å². The molecule has 2 N–H and O–H groups in total. The Hall–Kier alpha value is -2.58. The van der Waals surface area contributed by atoms with Crippen LogP contribution in [0.2, 0.25) is 0 Å². The van der Waals surface area contributed by atoms with Crippen LogP contribution < -0.4 is 10.9 Å². The van der Waals surface area contributed by atoms with Gasteiger partial charge in [0.1, 0.15) is 0 Å². The van der Waals surface area contributed by atoms with Crippen molar-refractivity contribution in [3.63, 3.8) is 0 Å². The Labute approximate surface area is 203 Å². The molecule has 1 saturated heterocycles. The molecule has 6 nitrogen and oxygen atoms in total. The van der Waals surface area contributed by atoms with E-state index in [0.717, 1.165) is 49.1 Å². The molecule has 190 valence electrons. The standard InChI is InChI=1S/C26H32F3N3O3/c27-26(28,29)21-3-1-20(2-4-21)24(35)32-7-5-19(6-8-32)23(34)31-30-22(33)15-25-12-16-9-17(13-25)11-18(10-16)14-25/h1-4,16-19H,5-15H2,(H,30,33)(H,31,34). The number of benzene rings is 1. The van der Waals surface area contributed by atoms with Crippen LogP contribution in [0.1, 0.15) is 73.7 Å². The van der Waals surface area contributed by atoms with Crippen molar-refractivity contribution in [2.24, 2.45) is 29.1 Å². The SMILES string of the molecule is O=C(CC12CC3CC(CC(C3)C1)C2)NNC(=O)C1CCN(C(=O)c2ccc(C(F)(F)F)cc2)CC1. The lowest BCUT2D eigenvalue weighted by Crippen LogP contribution is -2.51. The number of halogens is 3. The number of nitrogens with one attached hydrogen (secondary N) is 2. The minimum Gasteiger partial charge on any atom is -0.339 e. The van der Waals surface area contributed by atoms with Gasteiger partial charge < -0.3 is 4.90 Å². The molecule has 1 aromatic rings. The summed E-state index contributed by atoms with van der Waals surface area (Å²) in [5.74, 6) is 1.23. The van der Waals surface area contributed by atoms with E-state index in [1.165, 1.54) is 31.4 Å². The van der Waals surface area contributed by atoms with Gasteiger partial charge in [-0.15, -0.1) is 0 Å². The Bertz CT molecular complexity index is 949. The number of hydrogen-bond donors (Lipinski definition) is 2. The molecular formula is C26H32F3N3O3. The first-order valence-corrected chi connectivity index (χ1v) is 12.7. The minimum absolute atomic E-state index is 0.105. The number of likely N-dealkylation sites (tertiary alicyclic amines) is 1. The van der Waals surface area contributed by atoms with E-state index in [9.17, 15) is 27.6 Å². The third-order valence-electron chi connectivity index (χ3n) is 8.64. The van der Waals surface area contributed by atoms with Crippen molar-refractivity contribution in [1.82, 2.24) is 15.8 Å². The van der Waals surface area contributed by atoms with E-state index in [-0.39, 0.29) is 34.6 Å². The molecule has 1 heterocycles. The molecule has 0 spiro atoms. The molecule has 0 radical (unpaired) electrons. The molecule has 9 heteroatoms. The highest BCUT2D eigenvalue weighted by atomic mass is 19.4. The summed E-state index contributed by atoms with van der Waals surface area (Å²) < 4.78 is 38.2. The highest BCUT2D eigenvalue weighted by Crippen LogP contribution is 2.61. The van der Waals surface area contributed by atoms with Gasteiger partial charge in [0, 0.05) is 31.0 Å². The molecular weight excluding hydrogens is 459 g/mol. The Morgan fingerprint density at radius 1 is 0.886 bits per heavy atom. The molecule has 3 amide bonds. The van der Waals surface area contributed by atoms with Crippen LogP contribution in [0.3, 0.4) is 0 Å². The number of hydrogen-bond acceptors (Lipinski definition) is 3. The smallest absolute Gasteiger partial charge is 0.339 e. The second-order valence-electron chi connectivity index (χ2n) is 11.3. The molecule has 5 aliphatic rings. The largest absolute Gasteiger partial charge is 0.416 e. The van der Waals surface area contributed by atoms with Crippen LogP contribution in [0.4, 0.5) is 13.2 Å². The highest BCUT2D eigenvalue weighted by molar-refractivity contribution is 5.94. The summed E-state index contributed by atoms with van der Waals surface area (Å²) in [5, 5.41) is 0. The number of rotatable bonds is 4. The molecule has 0 atom stereocenters. The van der Waals surface area contributed by atoms with E-state index in [1.807, 2.05) is 0 Å². The fourth-order valence-corrected chi connectivity index (χ4v) is 7.45. The van der Waals surface area contributed by atoms with Gasteiger partial charge in [-0.25, -0.2) is 0 Å². The zero-order valence-corrected chi connectivity index (χ0v) is 19.7. The molecule has 0 unspecified atom stereocenters. The van der Waals surface area contributed by atoms with Crippen LogP contribution in [-0.4, -0.2) is 35.7 Å². The van der Waals surface area contributed by atoms with Crippen molar-refractivity contribution in [1.29, 1.82) is 0 Å². The van der Waals surface area contributed by atoms with Gasteiger partial charge in [-0.3, -0.25) is 25.2 Å². The molecule has 1 aromatic carbocycles. The van der Waals surface area contributed by atoms with Crippen molar-refractivity contribution in [3.8, 4) is 0 Å². The molecule has 0 aromatic heterocycles. The van der Waals surface area contributed by atoms with Crippen LogP contribution in [0.25, 0.3) is 0 Å². The number of amides is 3. The number of carbonyl (C=O) groups excluding carboxylic acids is 3. The summed E-state index contributed by atoms with van der Waals surface area (Å²) in [7, 11) is 0. The van der Waals surface area contributed by atoms with Crippen LogP contribution in [0.15, 0.2) is 24.3 Å². The quantitative estimate of drug-likeness (QED) is 0.616. The lowest BCUT2D eigenvalue weighted by molar-refractivity contribution is -0.137. The normalized spacial score (nSPS) is 30.3. The second kappa shape index (κ2) is 9.13. The maximum atomic E-state index is 12.7. The molecule has 1 aliphatic heterocycles. The fraction of sp³-hybridized carbons (Fsp3) is 0.654. The first kappa shape index (κ1) is 24.1. The molecule has 4 aliphatic carbocycles. The number of nitrogens with zero attached hydrogens (tertiary/aromatic N) is 1. The summed E-state index contributed by atoms with van der Waals surface area (Å²) in [4.78, 5) is 39.5. The third kappa shape index (κ3) is 5.19. The van der Waals surface area contributed by atoms with Crippen LogP contribution in [-0.2, 0) is 15.8 Å². The van der Waals surface area contributed by atoms with Crippen LogP contribution in [0.5, 0.6) is 0 Å². The fourth-order valence-electron chi connectivity index (χ4n) is 7.45. The monoisotopic (exact) mass is 491 g/mol. The zero-order chi connectivity index (χ0) is 24.8. The maximum Gasteiger partial charge on any atom is 0.416 e. The van der Waals surface area contributed by atoms with Crippen LogP contribution >= 0.6 is 0 Å². The molecule has 35 heavy (non-hydrogen) atoms. The van der Waals surface area contributed by atoms with Gasteiger partial charge in [0.05, 0.1) is 5.56 Å². The molecule has 6 rings (SSSR count). The maximum absolute atomic E-state index is 12.7. The topological polar surface area (TPSA) is 78.5 Å². The van der Waals surface area contributed by atoms with E-state index in [2.05, 4.69) is 10.9 Å². The predicted octanol–water partition coefficient (Wildman–Crippen LogP) is 4.31. The van der Waals surface area contributed by atoms with Crippen molar-refractivity contribution in [2.45, 2.75) is 64.0 Å². The van der Waals surface area contributed by atoms with Crippen molar-refractivity contribution < 1.29 is 27.6 Å². The second-order valence-corrected chi connectivity index (χ2v) is 11.3. The first-order chi connectivity index (χ1) is 16.6. The number of carbonyl (C=O) groups is 3. The van der Waals surface area contributed by atoms with Gasteiger partial charge >= 0.3 is 6.18 Å². The minimum atomic E-state index is -4.45. The van der Waals surface area contributed by atoms with Gasteiger partial charge in [-0.2, -0.15) is 13.2 Å². The van der Waals surface area contributed by atoms with E-state index in [4.69, 9.17) is 0 Å². The molecule has 4 saturated carbocycles. The summed E-state index contributed by atoms with van der Waals surface area (Å²) in [6.45, 7) is 0.665. The predicted molar refractivity (Wildman–Crippen MR) is 122 cm³/mol. The van der Waals surface area contributed by atoms with Crippen molar-refractivity contribution >= 4 is 17.7 Å². The Balaban J connectivity index is 1.06. The van der Waals surface area contributed by atoms with Gasteiger partial charge in [0.15, 0.2) is 0 Å². The summed E-state index contributed by atoms with van der Waals surface area (Å²) >= 11 is 0. The lowest BCUT2D eigenvalue weighted by Gasteiger charge is -2.56. The van der Waals surface area contributed by atoms with Gasteiger partial charge in [-0.05, 0) is 98.8 Å². The van der Waals surface area contributed by atoms with E-state index < -0.39 is 11.7 Å². The van der Waals surface area contributed by atoms with Crippen molar-refractivity contribution in [2.75, 3.05) is 13.1 Å². The summed E-state index contributed by atoms with van der Waals surface area (Å²) in [5.41, 5.74) is 4.70. The zero-order valence-electron chi connectivity index (χ0n) is 19.7. The average molecular weight is 492 g/mol. The van der Waals surface area contributed by atoms with Gasteiger partial charge in [0.2, 0.25) is 11.8 Å². The van der Waals surface area contributed by atoms with Crippen molar-refractivity contribution in [3.05, 3.63) is 35.4 Å². The Morgan fingerprint density at radius 3 is 1.94 bits per heavy atom. The van der Waals surface area contributed by atoms with E-state index >= 15 is 0 Å². The number of hydrazine groups is 1. The van der Waals surface area contributed by atoms with Crippen LogP contribution in [0, 0.1) is 29.1 Å². The Morgan fingerprint density at radius 2 is 1.43 bits per heavy atom. The lowest BCUT2D eigenvalue weighted by atomic mass is 9.49. The first-order valence-electron chi connectivity index (χ1n) is 12.7. The Kier molecular flexibility index (Phi) is 6.30. The number of piperidine rings is 1. The van der Waals surface area contributed by atoms with Gasteiger partial charge in [0.25, 0.3) is 5.91 Å². The molecule has 5 fully saturated rings. The average Bonchev–Trinajstić information content (AvgIpc) is 2.80. The van der Waals surface area contributed by atoms with E-state index in [1.54, 1.807) is 4.90 Å². The van der Waals surface area contributed by atoms with E-state index in [0.29, 0.717) is 32.4 Å². The highest BCUT2D eigenvalue weighted by Gasteiger charge is 2.51. The summed E-state index contributed by atoms with van der Waals surface area (Å²) in [6, 6.07) is 4.17.